The molecular weight excluding hydrogens is 273 g/mol. The van der Waals surface area contributed by atoms with E-state index in [1.807, 2.05) is 0 Å². The van der Waals surface area contributed by atoms with Gasteiger partial charge >= 0.3 is 0 Å². The first kappa shape index (κ1) is 14.4. The van der Waals surface area contributed by atoms with Crippen molar-refractivity contribution in [1.29, 1.82) is 0 Å². The van der Waals surface area contributed by atoms with E-state index in [1.54, 1.807) is 0 Å². The molecule has 1 saturated carbocycles. The highest BCUT2D eigenvalue weighted by molar-refractivity contribution is 5.42. The second-order valence-corrected chi connectivity index (χ2v) is 5.94. The van der Waals surface area contributed by atoms with E-state index >= 15 is 0 Å². The van der Waals surface area contributed by atoms with Crippen LogP contribution in [0, 0.1) is 21.8 Å². The Balaban J connectivity index is 1.93. The van der Waals surface area contributed by atoms with Crippen LogP contribution in [0.5, 0.6) is 0 Å². The molecule has 1 aromatic carbocycles. The van der Waals surface area contributed by atoms with Crippen LogP contribution in [0.2, 0.25) is 0 Å². The molecule has 1 aliphatic carbocycles. The third-order valence-corrected chi connectivity index (χ3v) is 4.39. The molecule has 1 atom stereocenters. The number of nitro groups is 1. The summed E-state index contributed by atoms with van der Waals surface area (Å²) in [5.74, 6) is 0.235. The second-order valence-electron chi connectivity index (χ2n) is 5.94. The summed E-state index contributed by atoms with van der Waals surface area (Å²) in [5.41, 5.74) is 0.578. The van der Waals surface area contributed by atoms with Crippen molar-refractivity contribution in [3.8, 4) is 0 Å². The van der Waals surface area contributed by atoms with E-state index in [4.69, 9.17) is 0 Å². The van der Waals surface area contributed by atoms with Gasteiger partial charge in [0.25, 0.3) is 5.69 Å². The minimum absolute atomic E-state index is 0.0422. The Morgan fingerprint density at radius 2 is 2.10 bits per heavy atom. The molecule has 0 unspecified atom stereocenters. The van der Waals surface area contributed by atoms with Gasteiger partial charge < -0.3 is 5.32 Å². The molecule has 1 aliphatic heterocycles. The minimum Gasteiger partial charge on any atom is -0.314 e. The Hall–Kier alpha value is -1.53. The topological polar surface area (TPSA) is 58.4 Å². The summed E-state index contributed by atoms with van der Waals surface area (Å²) in [5, 5.41) is 14.6. The fourth-order valence-electron chi connectivity index (χ4n) is 3.09. The fraction of sp³-hybridized carbons (Fsp3) is 0.600. The summed E-state index contributed by atoms with van der Waals surface area (Å²) in [6.07, 6.45) is 3.27. The first-order valence-corrected chi connectivity index (χ1v) is 7.54. The summed E-state index contributed by atoms with van der Waals surface area (Å²) in [4.78, 5) is 13.1. The lowest BCUT2D eigenvalue weighted by Crippen LogP contribution is -2.45. The lowest BCUT2D eigenvalue weighted by atomic mass is 9.97. The lowest BCUT2D eigenvalue weighted by molar-refractivity contribution is -0.386. The van der Waals surface area contributed by atoms with Gasteiger partial charge in [-0.2, -0.15) is 0 Å². The van der Waals surface area contributed by atoms with Gasteiger partial charge in [0.2, 0.25) is 0 Å². The third kappa shape index (κ3) is 3.39. The molecule has 0 spiro atoms. The van der Waals surface area contributed by atoms with E-state index in [1.165, 1.54) is 31.0 Å². The summed E-state index contributed by atoms with van der Waals surface area (Å²) in [6, 6.07) is 3.78. The van der Waals surface area contributed by atoms with Crippen LogP contribution in [-0.2, 0) is 0 Å². The zero-order valence-corrected chi connectivity index (χ0v) is 11.9. The molecule has 1 heterocycles. The van der Waals surface area contributed by atoms with Gasteiger partial charge in [-0.1, -0.05) is 12.8 Å². The smallest absolute Gasteiger partial charge is 0.274 e. The van der Waals surface area contributed by atoms with Gasteiger partial charge in [-0.3, -0.25) is 15.0 Å². The van der Waals surface area contributed by atoms with Crippen molar-refractivity contribution >= 4 is 5.69 Å². The van der Waals surface area contributed by atoms with Gasteiger partial charge in [-0.05, 0) is 24.5 Å². The maximum atomic E-state index is 13.6. The van der Waals surface area contributed by atoms with Crippen LogP contribution in [0.15, 0.2) is 18.2 Å². The molecular formula is C15H20FN3O2. The standard InChI is InChI=1S/C15H20FN3O2/c16-12-3-4-14(19(20)21)13(10-12)15(9-11-1-2-11)18-7-5-17-6-8-18/h3-4,10-11,15,17H,1-2,5-9H2/t15-/m0/s1. The SMILES string of the molecule is O=[N+]([O-])c1ccc(F)cc1[C@H](CC1CC1)N1CCNCC1. The van der Waals surface area contributed by atoms with Crippen molar-refractivity contribution in [3.05, 3.63) is 39.7 Å². The van der Waals surface area contributed by atoms with Crippen LogP contribution >= 0.6 is 0 Å². The molecule has 0 radical (unpaired) electrons. The van der Waals surface area contributed by atoms with Crippen molar-refractivity contribution in [3.63, 3.8) is 0 Å². The number of nitro benzene ring substituents is 1. The van der Waals surface area contributed by atoms with Gasteiger partial charge in [0.1, 0.15) is 5.82 Å². The number of benzene rings is 1. The first-order valence-electron chi connectivity index (χ1n) is 7.54. The van der Waals surface area contributed by atoms with Crippen LogP contribution in [0.4, 0.5) is 10.1 Å². The van der Waals surface area contributed by atoms with Gasteiger partial charge in [-0.25, -0.2) is 4.39 Å². The summed E-state index contributed by atoms with van der Waals surface area (Å²) in [7, 11) is 0. The number of nitrogens with zero attached hydrogens (tertiary/aromatic N) is 2. The number of hydrogen-bond acceptors (Lipinski definition) is 4. The highest BCUT2D eigenvalue weighted by Gasteiger charge is 2.34. The van der Waals surface area contributed by atoms with Crippen molar-refractivity contribution in [1.82, 2.24) is 10.2 Å². The van der Waals surface area contributed by atoms with Crippen molar-refractivity contribution in [2.24, 2.45) is 5.92 Å². The molecule has 0 amide bonds. The molecule has 2 fully saturated rings. The Labute approximate surface area is 123 Å². The average molecular weight is 293 g/mol. The molecule has 6 heteroatoms. The van der Waals surface area contributed by atoms with Crippen LogP contribution < -0.4 is 5.32 Å². The monoisotopic (exact) mass is 293 g/mol. The Morgan fingerprint density at radius 3 is 2.71 bits per heavy atom. The van der Waals surface area contributed by atoms with Crippen molar-refractivity contribution in [2.45, 2.75) is 25.3 Å². The molecule has 5 nitrogen and oxygen atoms in total. The molecule has 114 valence electrons. The van der Waals surface area contributed by atoms with E-state index in [0.717, 1.165) is 32.6 Å². The first-order chi connectivity index (χ1) is 10.1. The number of halogens is 1. The normalized spacial score (nSPS) is 21.2. The molecule has 3 rings (SSSR count). The highest BCUT2D eigenvalue weighted by Crippen LogP contribution is 2.42. The molecule has 1 saturated heterocycles. The minimum atomic E-state index is -0.397. The van der Waals surface area contributed by atoms with Crippen LogP contribution in [-0.4, -0.2) is 36.0 Å². The van der Waals surface area contributed by atoms with E-state index in [9.17, 15) is 14.5 Å². The largest absolute Gasteiger partial charge is 0.314 e. The fourth-order valence-corrected chi connectivity index (χ4v) is 3.09. The van der Waals surface area contributed by atoms with Crippen LogP contribution in [0.3, 0.4) is 0 Å². The van der Waals surface area contributed by atoms with Crippen LogP contribution in [0.1, 0.15) is 30.9 Å². The van der Waals surface area contributed by atoms with E-state index in [0.29, 0.717) is 11.5 Å². The Bertz CT molecular complexity index is 528. The van der Waals surface area contributed by atoms with Gasteiger partial charge in [0.15, 0.2) is 0 Å². The zero-order valence-electron chi connectivity index (χ0n) is 11.9. The molecule has 1 N–H and O–H groups in total. The summed E-state index contributed by atoms with van der Waals surface area (Å²) < 4.78 is 13.6. The highest BCUT2D eigenvalue weighted by atomic mass is 19.1. The van der Waals surface area contributed by atoms with E-state index in [-0.39, 0.29) is 11.7 Å². The van der Waals surface area contributed by atoms with Gasteiger partial charge in [-0.15, -0.1) is 0 Å². The summed E-state index contributed by atoms with van der Waals surface area (Å²) in [6.45, 7) is 3.46. The van der Waals surface area contributed by atoms with Gasteiger partial charge in [0.05, 0.1) is 4.92 Å². The van der Waals surface area contributed by atoms with E-state index < -0.39 is 10.7 Å². The molecule has 0 bridgehead atoms. The predicted octanol–water partition coefficient (Wildman–Crippen LogP) is 2.48. The van der Waals surface area contributed by atoms with E-state index in [2.05, 4.69) is 10.2 Å². The quantitative estimate of drug-likeness (QED) is 0.669. The molecule has 21 heavy (non-hydrogen) atoms. The number of piperazine rings is 1. The van der Waals surface area contributed by atoms with Crippen molar-refractivity contribution in [2.75, 3.05) is 26.2 Å². The maximum Gasteiger partial charge on any atom is 0.274 e. The average Bonchev–Trinajstić information content (AvgIpc) is 3.29. The molecule has 0 aromatic heterocycles. The number of hydrogen-bond donors (Lipinski definition) is 1. The second kappa shape index (κ2) is 6.07. The zero-order chi connectivity index (χ0) is 14.8. The lowest BCUT2D eigenvalue weighted by Gasteiger charge is -2.35. The van der Waals surface area contributed by atoms with Crippen LogP contribution in [0.25, 0.3) is 0 Å². The molecule has 1 aromatic rings. The third-order valence-electron chi connectivity index (χ3n) is 4.39. The maximum absolute atomic E-state index is 13.6. The van der Waals surface area contributed by atoms with Crippen molar-refractivity contribution < 1.29 is 9.31 Å². The predicted molar refractivity (Wildman–Crippen MR) is 77.6 cm³/mol. The van der Waals surface area contributed by atoms with Gasteiger partial charge in [0, 0.05) is 43.9 Å². The number of nitrogens with one attached hydrogen (secondary N) is 1. The Morgan fingerprint density at radius 1 is 1.38 bits per heavy atom. The Kier molecular flexibility index (Phi) is 4.17. The molecule has 2 aliphatic rings. The number of rotatable bonds is 5. The summed E-state index contributed by atoms with van der Waals surface area (Å²) >= 11 is 0.